The second-order valence-electron chi connectivity index (χ2n) is 6.21. The summed E-state index contributed by atoms with van der Waals surface area (Å²) in [4.78, 5) is 0. The highest BCUT2D eigenvalue weighted by Crippen LogP contribution is 2.39. The van der Waals surface area contributed by atoms with Crippen LogP contribution < -0.4 is 10.1 Å². The molecule has 0 saturated heterocycles. The first-order valence-electron chi connectivity index (χ1n) is 8.23. The number of halogens is 6. The van der Waals surface area contributed by atoms with Gasteiger partial charge < -0.3 is 10.1 Å². The van der Waals surface area contributed by atoms with Gasteiger partial charge in [-0.25, -0.2) is 8.78 Å². The van der Waals surface area contributed by atoms with Crippen LogP contribution in [0, 0.1) is 11.6 Å². The zero-order valence-electron chi connectivity index (χ0n) is 14.4. The number of hydrogen-bond acceptors (Lipinski definition) is 2. The summed E-state index contributed by atoms with van der Waals surface area (Å²) in [5.41, 5.74) is 1.92. The third-order valence-electron chi connectivity index (χ3n) is 4.14. The van der Waals surface area contributed by atoms with Crippen LogP contribution in [0.25, 0.3) is 11.3 Å². The molecule has 0 spiro atoms. The normalized spacial score (nSPS) is 17.5. The fraction of sp³-hybridized carbons (Fsp3) is 0.200. The number of ether oxygens (including phenoxy) is 1. The number of nitrogens with one attached hydrogen (secondary N) is 1. The summed E-state index contributed by atoms with van der Waals surface area (Å²) in [6.45, 7) is 2.25. The molecule has 0 amide bonds. The molecular weight excluding hydrogens is 492 g/mol. The maximum Gasteiger partial charge on any atom is 0.422 e. The average Bonchev–Trinajstić information content (AvgIpc) is 2.62. The number of rotatable bonds is 4. The van der Waals surface area contributed by atoms with E-state index in [9.17, 15) is 22.0 Å². The highest BCUT2D eigenvalue weighted by molar-refractivity contribution is 14.1. The zero-order valence-corrected chi connectivity index (χ0v) is 16.6. The number of benzene rings is 2. The molecule has 1 aliphatic rings. The van der Waals surface area contributed by atoms with Gasteiger partial charge in [-0.2, -0.15) is 13.2 Å². The molecule has 2 aromatic carbocycles. The van der Waals surface area contributed by atoms with Crippen LogP contribution in [-0.4, -0.2) is 16.7 Å². The van der Waals surface area contributed by atoms with E-state index in [0.29, 0.717) is 17.7 Å². The van der Waals surface area contributed by atoms with Crippen LogP contribution in [-0.2, 0) is 0 Å². The molecule has 8 heteroatoms. The molecule has 1 unspecified atom stereocenters. The molecule has 3 rings (SSSR count). The summed E-state index contributed by atoms with van der Waals surface area (Å²) < 4.78 is 70.8. The Kier molecular flexibility index (Phi) is 5.97. The second kappa shape index (κ2) is 8.10. The minimum Gasteiger partial charge on any atom is -0.484 e. The molecule has 0 fully saturated rings. The standard InChI is InChI=1S/C20H15F5INO/c1-11-17(26)9-14(12-5-3-2-4-6-12)19(27-11)18-15(21)7-13(8-16(18)22)28-10-20(23,24)25/h2-8,17,27H,1,9-10H2. The van der Waals surface area contributed by atoms with E-state index < -0.39 is 30.2 Å². The van der Waals surface area contributed by atoms with E-state index in [1.54, 1.807) is 0 Å². The molecule has 0 bridgehead atoms. The van der Waals surface area contributed by atoms with Gasteiger partial charge >= 0.3 is 6.18 Å². The predicted molar refractivity (Wildman–Crippen MR) is 106 cm³/mol. The Balaban J connectivity index is 2.07. The predicted octanol–water partition coefficient (Wildman–Crippen LogP) is 6.08. The number of hydrogen-bond donors (Lipinski definition) is 1. The van der Waals surface area contributed by atoms with Crippen molar-refractivity contribution in [2.75, 3.05) is 6.61 Å². The van der Waals surface area contributed by atoms with Gasteiger partial charge in [-0.05, 0) is 17.6 Å². The van der Waals surface area contributed by atoms with Crippen molar-refractivity contribution in [2.45, 2.75) is 16.5 Å². The van der Waals surface area contributed by atoms with Crippen LogP contribution >= 0.6 is 22.6 Å². The first-order valence-corrected chi connectivity index (χ1v) is 9.47. The van der Waals surface area contributed by atoms with Crippen LogP contribution in [0.15, 0.2) is 54.7 Å². The van der Waals surface area contributed by atoms with Crippen LogP contribution in [0.2, 0.25) is 0 Å². The minimum atomic E-state index is -4.60. The van der Waals surface area contributed by atoms with Crippen molar-refractivity contribution >= 4 is 33.9 Å². The lowest BCUT2D eigenvalue weighted by atomic mass is 9.91. The summed E-state index contributed by atoms with van der Waals surface area (Å²) in [7, 11) is 0. The highest BCUT2D eigenvalue weighted by atomic mass is 127. The average molecular weight is 507 g/mol. The van der Waals surface area contributed by atoms with E-state index in [1.165, 1.54) is 0 Å². The molecule has 28 heavy (non-hydrogen) atoms. The van der Waals surface area contributed by atoms with Crippen molar-refractivity contribution in [2.24, 2.45) is 0 Å². The minimum absolute atomic E-state index is 0.0112. The first kappa shape index (κ1) is 20.6. The molecule has 1 N–H and O–H groups in total. The van der Waals surface area contributed by atoms with Crippen LogP contribution in [0.3, 0.4) is 0 Å². The van der Waals surface area contributed by atoms with Gasteiger partial charge in [0.1, 0.15) is 17.4 Å². The summed E-state index contributed by atoms with van der Waals surface area (Å²) in [5, 5.41) is 2.97. The lowest BCUT2D eigenvalue weighted by molar-refractivity contribution is -0.153. The molecule has 2 aromatic rings. The Hall–Kier alpha value is -2.10. The van der Waals surface area contributed by atoms with Crippen molar-refractivity contribution in [3.05, 3.63) is 77.5 Å². The summed E-state index contributed by atoms with van der Waals surface area (Å²) >= 11 is 2.18. The van der Waals surface area contributed by atoms with Gasteiger partial charge in [-0.1, -0.05) is 59.5 Å². The van der Waals surface area contributed by atoms with Crippen molar-refractivity contribution < 1.29 is 26.7 Å². The lowest BCUT2D eigenvalue weighted by Gasteiger charge is -2.29. The maximum absolute atomic E-state index is 14.7. The topological polar surface area (TPSA) is 21.3 Å². The SMILES string of the molecule is C=C1NC(c2c(F)cc(OCC(F)(F)F)cc2F)=C(c2ccccc2)CC1I. The van der Waals surface area contributed by atoms with Gasteiger partial charge in [0.05, 0.1) is 15.2 Å². The third-order valence-corrected chi connectivity index (χ3v) is 5.33. The monoisotopic (exact) mass is 507 g/mol. The molecule has 2 nitrogen and oxygen atoms in total. The van der Waals surface area contributed by atoms with Gasteiger partial charge in [0.15, 0.2) is 6.61 Å². The van der Waals surface area contributed by atoms with Gasteiger partial charge in [-0.3, -0.25) is 0 Å². The molecule has 1 aliphatic heterocycles. The molecule has 0 aromatic heterocycles. The molecule has 148 valence electrons. The Morgan fingerprint density at radius 2 is 1.71 bits per heavy atom. The maximum atomic E-state index is 14.7. The van der Waals surface area contributed by atoms with Crippen molar-refractivity contribution in [1.82, 2.24) is 5.32 Å². The molecular formula is C20H15F5INO. The number of allylic oxidation sites excluding steroid dienone is 2. The Labute approximate surface area is 172 Å². The summed E-state index contributed by atoms with van der Waals surface area (Å²) in [5.74, 6) is -2.57. The van der Waals surface area contributed by atoms with Crippen LogP contribution in [0.1, 0.15) is 17.5 Å². The Morgan fingerprint density at radius 3 is 2.29 bits per heavy atom. The van der Waals surface area contributed by atoms with E-state index in [0.717, 1.165) is 17.7 Å². The van der Waals surface area contributed by atoms with E-state index in [-0.39, 0.29) is 15.2 Å². The van der Waals surface area contributed by atoms with Crippen molar-refractivity contribution in [3.8, 4) is 5.75 Å². The highest BCUT2D eigenvalue weighted by Gasteiger charge is 2.30. The van der Waals surface area contributed by atoms with E-state index >= 15 is 0 Å². The van der Waals surface area contributed by atoms with E-state index in [4.69, 9.17) is 0 Å². The third kappa shape index (κ3) is 4.65. The fourth-order valence-electron chi connectivity index (χ4n) is 2.87. The van der Waals surface area contributed by atoms with Gasteiger partial charge in [0, 0.05) is 17.8 Å². The molecule has 0 aliphatic carbocycles. The summed E-state index contributed by atoms with van der Waals surface area (Å²) in [6.07, 6.45) is -4.11. The largest absolute Gasteiger partial charge is 0.484 e. The van der Waals surface area contributed by atoms with Crippen molar-refractivity contribution in [3.63, 3.8) is 0 Å². The van der Waals surface area contributed by atoms with Gasteiger partial charge in [-0.15, -0.1) is 0 Å². The second-order valence-corrected chi connectivity index (χ2v) is 7.71. The van der Waals surface area contributed by atoms with E-state index in [2.05, 4.69) is 39.2 Å². The molecule has 0 saturated carbocycles. The summed E-state index contributed by atoms with van der Waals surface area (Å²) in [6, 6.07) is 10.6. The molecule has 1 atom stereocenters. The number of alkyl halides is 4. The zero-order chi connectivity index (χ0) is 20.5. The van der Waals surface area contributed by atoms with Gasteiger partial charge in [0.25, 0.3) is 0 Å². The quantitative estimate of drug-likeness (QED) is 0.308. The van der Waals surface area contributed by atoms with Gasteiger partial charge in [0.2, 0.25) is 0 Å². The molecule has 0 radical (unpaired) electrons. The Morgan fingerprint density at radius 1 is 1.11 bits per heavy atom. The van der Waals surface area contributed by atoms with E-state index in [1.807, 2.05) is 30.3 Å². The van der Waals surface area contributed by atoms with Crippen molar-refractivity contribution in [1.29, 1.82) is 0 Å². The molecule has 1 heterocycles. The van der Waals surface area contributed by atoms with Crippen LogP contribution in [0.4, 0.5) is 22.0 Å². The Bertz CT molecular complexity index is 901. The first-order chi connectivity index (χ1) is 13.2. The van der Waals surface area contributed by atoms with Crippen LogP contribution in [0.5, 0.6) is 5.75 Å². The fourth-order valence-corrected chi connectivity index (χ4v) is 3.47. The lowest BCUT2D eigenvalue weighted by Crippen LogP contribution is -2.26. The smallest absolute Gasteiger partial charge is 0.422 e.